The van der Waals surface area contributed by atoms with Gasteiger partial charge >= 0.3 is 6.18 Å². The summed E-state index contributed by atoms with van der Waals surface area (Å²) in [5.41, 5.74) is 1.79. The average molecular weight is 471 g/mol. The Morgan fingerprint density at radius 1 is 1.06 bits per heavy atom. The predicted octanol–water partition coefficient (Wildman–Crippen LogP) is 5.11. The first-order valence-corrected chi connectivity index (χ1v) is 12.1. The normalized spacial score (nSPS) is 14.0. The maximum atomic E-state index is 13.5. The van der Waals surface area contributed by atoms with Gasteiger partial charge in [0.2, 0.25) is 0 Å². The van der Waals surface area contributed by atoms with Crippen LogP contribution in [-0.4, -0.2) is 32.3 Å². The smallest absolute Gasteiger partial charge is 0.374 e. The number of amides is 1. The van der Waals surface area contributed by atoms with Gasteiger partial charge in [-0.2, -0.15) is 13.2 Å². The molecule has 5 nitrogen and oxygen atoms in total. The molecule has 1 amide bonds. The van der Waals surface area contributed by atoms with Gasteiger partial charge in [-0.05, 0) is 48.2 Å². The van der Waals surface area contributed by atoms with Crippen LogP contribution in [0.2, 0.25) is 0 Å². The molecule has 2 aromatic rings. The average Bonchev–Trinajstić information content (AvgIpc) is 2.75. The van der Waals surface area contributed by atoms with Gasteiger partial charge < -0.3 is 10.6 Å². The van der Waals surface area contributed by atoms with Gasteiger partial charge in [-0.25, -0.2) is 8.42 Å². The van der Waals surface area contributed by atoms with Crippen LogP contribution in [0, 0.1) is 12.8 Å². The zero-order valence-electron chi connectivity index (χ0n) is 18.6. The molecule has 0 spiro atoms. The van der Waals surface area contributed by atoms with E-state index < -0.39 is 33.9 Å². The van der Waals surface area contributed by atoms with Crippen LogP contribution in [0.15, 0.2) is 47.4 Å². The second-order valence-electron chi connectivity index (χ2n) is 7.81. The van der Waals surface area contributed by atoms with E-state index in [2.05, 4.69) is 10.6 Å². The van der Waals surface area contributed by atoms with E-state index >= 15 is 0 Å². The zero-order chi connectivity index (χ0) is 24.1. The van der Waals surface area contributed by atoms with E-state index in [1.807, 2.05) is 0 Å². The van der Waals surface area contributed by atoms with Crippen molar-refractivity contribution < 1.29 is 26.4 Å². The van der Waals surface area contributed by atoms with E-state index in [9.17, 15) is 26.4 Å². The zero-order valence-corrected chi connectivity index (χ0v) is 19.4. The fourth-order valence-corrected chi connectivity index (χ4v) is 4.02. The van der Waals surface area contributed by atoms with E-state index in [1.54, 1.807) is 45.0 Å². The van der Waals surface area contributed by atoms with Gasteiger partial charge in [-0.1, -0.05) is 45.4 Å². The van der Waals surface area contributed by atoms with Gasteiger partial charge in [-0.3, -0.25) is 4.79 Å². The van der Waals surface area contributed by atoms with Crippen LogP contribution in [0.5, 0.6) is 0 Å². The number of benzene rings is 2. The van der Waals surface area contributed by atoms with Gasteiger partial charge in [0, 0.05) is 17.8 Å². The van der Waals surface area contributed by atoms with Crippen LogP contribution in [0.4, 0.5) is 18.9 Å². The number of carbonyl (C=O) groups excluding carboxylic acids is 1. The molecule has 2 unspecified atom stereocenters. The van der Waals surface area contributed by atoms with Crippen molar-refractivity contribution in [2.24, 2.45) is 5.92 Å². The lowest BCUT2D eigenvalue weighted by atomic mass is 9.97. The van der Waals surface area contributed by atoms with Gasteiger partial charge in [0.1, 0.15) is 6.04 Å². The molecule has 2 rings (SSSR count). The van der Waals surface area contributed by atoms with E-state index in [1.165, 1.54) is 25.1 Å². The number of hydrogen-bond donors (Lipinski definition) is 2. The number of nitrogens with one attached hydrogen (secondary N) is 2. The largest absolute Gasteiger partial charge is 0.408 e. The minimum Gasteiger partial charge on any atom is -0.374 e. The highest BCUT2D eigenvalue weighted by Gasteiger charge is 2.42. The summed E-state index contributed by atoms with van der Waals surface area (Å²) in [7, 11) is -3.30. The van der Waals surface area contributed by atoms with Crippen LogP contribution in [0.1, 0.15) is 48.7 Å². The van der Waals surface area contributed by atoms with E-state index in [0.717, 1.165) is 0 Å². The van der Waals surface area contributed by atoms with Crippen molar-refractivity contribution in [1.29, 1.82) is 0 Å². The Morgan fingerprint density at radius 3 is 2.22 bits per heavy atom. The SMILES string of the molecule is CCC(C)C(Nc1cc(C(=O)NCc2ccc(S(=O)(=O)CC)cc2)ccc1C)C(F)(F)F. The molecule has 2 N–H and O–H groups in total. The minimum absolute atomic E-state index is 0.000888. The number of anilines is 1. The fourth-order valence-electron chi connectivity index (χ4n) is 3.13. The quantitative estimate of drug-likeness (QED) is 0.534. The molecule has 2 aromatic carbocycles. The number of sulfone groups is 1. The lowest BCUT2D eigenvalue weighted by molar-refractivity contribution is -0.152. The third-order valence-electron chi connectivity index (χ3n) is 5.49. The fraction of sp³-hybridized carbons (Fsp3) is 0.435. The predicted molar refractivity (Wildman–Crippen MR) is 119 cm³/mol. The van der Waals surface area contributed by atoms with Crippen LogP contribution in [-0.2, 0) is 16.4 Å². The Labute approximate surface area is 187 Å². The first kappa shape index (κ1) is 25.7. The molecule has 9 heteroatoms. The monoisotopic (exact) mass is 470 g/mol. The van der Waals surface area contributed by atoms with Crippen molar-refractivity contribution in [1.82, 2.24) is 5.32 Å². The second-order valence-corrected chi connectivity index (χ2v) is 10.1. The minimum atomic E-state index is -4.42. The topological polar surface area (TPSA) is 75.3 Å². The Morgan fingerprint density at radius 2 is 1.69 bits per heavy atom. The number of alkyl halides is 3. The first-order chi connectivity index (χ1) is 14.9. The summed E-state index contributed by atoms with van der Waals surface area (Å²) < 4.78 is 64.2. The van der Waals surface area contributed by atoms with Crippen molar-refractivity contribution >= 4 is 21.4 Å². The van der Waals surface area contributed by atoms with Gasteiger partial charge in [0.15, 0.2) is 9.84 Å². The summed E-state index contributed by atoms with van der Waals surface area (Å²) in [4.78, 5) is 12.8. The maximum absolute atomic E-state index is 13.5. The van der Waals surface area contributed by atoms with Crippen LogP contribution >= 0.6 is 0 Å². The molecular weight excluding hydrogens is 441 g/mol. The molecule has 0 radical (unpaired) electrons. The molecule has 0 heterocycles. The van der Waals surface area contributed by atoms with Gasteiger partial charge in [0.25, 0.3) is 5.91 Å². The molecule has 176 valence electrons. The molecule has 0 aliphatic heterocycles. The van der Waals surface area contributed by atoms with E-state index in [0.29, 0.717) is 17.5 Å². The summed E-state index contributed by atoms with van der Waals surface area (Å²) >= 11 is 0. The Bertz CT molecular complexity index is 1040. The Hall–Kier alpha value is -2.55. The van der Waals surface area contributed by atoms with E-state index in [-0.39, 0.29) is 28.4 Å². The number of carbonyl (C=O) groups is 1. The Kier molecular flexibility index (Phi) is 8.34. The van der Waals surface area contributed by atoms with Crippen molar-refractivity contribution in [2.75, 3.05) is 11.1 Å². The molecule has 0 saturated carbocycles. The van der Waals surface area contributed by atoms with Gasteiger partial charge in [0.05, 0.1) is 10.6 Å². The molecule has 0 aromatic heterocycles. The lowest BCUT2D eigenvalue weighted by Crippen LogP contribution is -2.41. The molecule has 0 fully saturated rings. The number of hydrogen-bond acceptors (Lipinski definition) is 4. The highest BCUT2D eigenvalue weighted by Crippen LogP contribution is 2.31. The molecule has 0 aliphatic carbocycles. The first-order valence-electron chi connectivity index (χ1n) is 10.4. The third kappa shape index (κ3) is 6.48. The summed E-state index contributed by atoms with van der Waals surface area (Å²) in [6, 6.07) is 9.06. The molecule has 32 heavy (non-hydrogen) atoms. The van der Waals surface area contributed by atoms with Crippen LogP contribution in [0.3, 0.4) is 0 Å². The third-order valence-corrected chi connectivity index (χ3v) is 7.24. The summed E-state index contributed by atoms with van der Waals surface area (Å²) in [6.07, 6.45) is -4.06. The van der Waals surface area contributed by atoms with Crippen molar-refractivity contribution in [3.05, 3.63) is 59.2 Å². The Balaban J connectivity index is 2.13. The summed E-state index contributed by atoms with van der Waals surface area (Å²) in [5.74, 6) is -1.07. The highest BCUT2D eigenvalue weighted by atomic mass is 32.2. The van der Waals surface area contributed by atoms with Gasteiger partial charge in [-0.15, -0.1) is 0 Å². The molecule has 0 saturated heterocycles. The van der Waals surface area contributed by atoms with Crippen molar-refractivity contribution in [2.45, 2.75) is 57.8 Å². The lowest BCUT2D eigenvalue weighted by Gasteiger charge is -2.28. The number of rotatable bonds is 9. The molecule has 0 bridgehead atoms. The standard InChI is InChI=1S/C23H29F3N2O3S/c1-5-15(3)21(23(24,25)26)28-20-13-18(10-7-16(20)4)22(29)27-14-17-8-11-19(12-9-17)32(30,31)6-2/h7-13,15,21,28H,5-6,14H2,1-4H3,(H,27,29). The maximum Gasteiger partial charge on any atom is 0.408 e. The van der Waals surface area contributed by atoms with Crippen molar-refractivity contribution in [3.63, 3.8) is 0 Å². The second kappa shape index (κ2) is 10.4. The summed E-state index contributed by atoms with van der Waals surface area (Å²) in [5, 5.41) is 5.28. The van der Waals surface area contributed by atoms with Crippen LogP contribution in [0.25, 0.3) is 0 Å². The summed E-state index contributed by atoms with van der Waals surface area (Å²) in [6.45, 7) is 6.63. The number of halogens is 3. The number of aryl methyl sites for hydroxylation is 1. The molecule has 0 aliphatic rings. The highest BCUT2D eigenvalue weighted by molar-refractivity contribution is 7.91. The molecular formula is C23H29F3N2O3S. The van der Waals surface area contributed by atoms with E-state index in [4.69, 9.17) is 0 Å². The molecule has 2 atom stereocenters. The van der Waals surface area contributed by atoms with Crippen molar-refractivity contribution in [3.8, 4) is 0 Å². The van der Waals surface area contributed by atoms with Crippen LogP contribution < -0.4 is 10.6 Å².